The topological polar surface area (TPSA) is 64.6 Å². The van der Waals surface area contributed by atoms with E-state index in [1.165, 1.54) is 7.11 Å². The molecule has 1 N–H and O–H groups in total. The maximum Gasteiger partial charge on any atom is 0.337 e. The quantitative estimate of drug-likeness (QED) is 0.854. The van der Waals surface area contributed by atoms with Gasteiger partial charge in [0.1, 0.15) is 5.75 Å². The van der Waals surface area contributed by atoms with Gasteiger partial charge < -0.3 is 14.8 Å². The summed E-state index contributed by atoms with van der Waals surface area (Å²) in [5, 5.41) is 2.87. The Kier molecular flexibility index (Phi) is 5.58. The largest absolute Gasteiger partial charge is 0.481 e. The van der Waals surface area contributed by atoms with Crippen molar-refractivity contribution in [2.45, 2.75) is 26.9 Å². The Morgan fingerprint density at radius 2 is 1.71 bits per heavy atom. The maximum absolute atomic E-state index is 12.3. The van der Waals surface area contributed by atoms with Gasteiger partial charge in [0.05, 0.1) is 12.7 Å². The molecule has 1 atom stereocenters. The minimum atomic E-state index is -0.672. The number of aryl methyl sites for hydroxylation is 2. The summed E-state index contributed by atoms with van der Waals surface area (Å²) in [7, 11) is 1.33. The first-order valence-corrected chi connectivity index (χ1v) is 7.64. The monoisotopic (exact) mass is 327 g/mol. The molecule has 126 valence electrons. The first kappa shape index (κ1) is 17.5. The Morgan fingerprint density at radius 1 is 1.04 bits per heavy atom. The minimum Gasteiger partial charge on any atom is -0.481 e. The third kappa shape index (κ3) is 4.35. The molecule has 0 radical (unpaired) electrons. The molecule has 5 nitrogen and oxygen atoms in total. The van der Waals surface area contributed by atoms with Crippen molar-refractivity contribution in [3.8, 4) is 5.75 Å². The zero-order valence-electron chi connectivity index (χ0n) is 14.3. The number of hydrogen-bond acceptors (Lipinski definition) is 4. The fraction of sp³-hybridized carbons (Fsp3) is 0.263. The van der Waals surface area contributed by atoms with Crippen molar-refractivity contribution in [2.24, 2.45) is 0 Å². The lowest BCUT2D eigenvalue weighted by Gasteiger charge is -2.16. The standard InChI is InChI=1S/C19H21NO4/c1-12-5-6-13(2)17(11-12)20-18(21)14(3)24-16-9-7-15(8-10-16)19(22)23-4/h5-11,14H,1-4H3,(H,20,21)/t14-/m1/s1. The lowest BCUT2D eigenvalue weighted by Crippen LogP contribution is -2.30. The second kappa shape index (κ2) is 7.64. The lowest BCUT2D eigenvalue weighted by molar-refractivity contribution is -0.122. The summed E-state index contributed by atoms with van der Waals surface area (Å²) in [6.07, 6.45) is -0.672. The predicted octanol–water partition coefficient (Wildman–Crippen LogP) is 3.50. The van der Waals surface area contributed by atoms with E-state index in [-0.39, 0.29) is 5.91 Å². The first-order valence-electron chi connectivity index (χ1n) is 7.64. The van der Waals surface area contributed by atoms with Crippen LogP contribution in [0.3, 0.4) is 0 Å². The molecule has 0 spiro atoms. The number of hydrogen-bond donors (Lipinski definition) is 1. The number of rotatable bonds is 5. The highest BCUT2D eigenvalue weighted by molar-refractivity contribution is 5.95. The Hall–Kier alpha value is -2.82. The number of carbonyl (C=O) groups is 2. The zero-order chi connectivity index (χ0) is 17.7. The third-order valence-electron chi connectivity index (χ3n) is 3.61. The Bertz CT molecular complexity index is 738. The Morgan fingerprint density at radius 3 is 2.33 bits per heavy atom. The van der Waals surface area contributed by atoms with Crippen LogP contribution in [0.2, 0.25) is 0 Å². The van der Waals surface area contributed by atoms with Crippen LogP contribution in [-0.4, -0.2) is 25.1 Å². The lowest BCUT2D eigenvalue weighted by atomic mass is 10.1. The summed E-state index contributed by atoms with van der Waals surface area (Å²) in [5.41, 5.74) is 3.26. The highest BCUT2D eigenvalue weighted by Crippen LogP contribution is 2.18. The molecule has 0 fully saturated rings. The van der Waals surface area contributed by atoms with Crippen LogP contribution < -0.4 is 10.1 Å². The van der Waals surface area contributed by atoms with Gasteiger partial charge in [0, 0.05) is 5.69 Å². The van der Waals surface area contributed by atoms with Crippen molar-refractivity contribution < 1.29 is 19.1 Å². The van der Waals surface area contributed by atoms with Crippen molar-refractivity contribution in [1.82, 2.24) is 0 Å². The average Bonchev–Trinajstić information content (AvgIpc) is 2.58. The van der Waals surface area contributed by atoms with Crippen LogP contribution in [0.1, 0.15) is 28.4 Å². The normalized spacial score (nSPS) is 11.5. The number of amides is 1. The number of methoxy groups -OCH3 is 1. The van der Waals surface area contributed by atoms with Gasteiger partial charge in [0.25, 0.3) is 5.91 Å². The van der Waals surface area contributed by atoms with E-state index < -0.39 is 12.1 Å². The highest BCUT2D eigenvalue weighted by atomic mass is 16.5. The predicted molar refractivity (Wildman–Crippen MR) is 92.4 cm³/mol. The maximum atomic E-state index is 12.3. The summed E-state index contributed by atoms with van der Waals surface area (Å²) >= 11 is 0. The second-order valence-electron chi connectivity index (χ2n) is 5.58. The number of carbonyl (C=O) groups excluding carboxylic acids is 2. The Labute approximate surface area is 141 Å². The van der Waals surface area contributed by atoms with Crippen LogP contribution in [0.4, 0.5) is 5.69 Å². The van der Waals surface area contributed by atoms with Crippen molar-refractivity contribution >= 4 is 17.6 Å². The summed E-state index contributed by atoms with van der Waals surface area (Å²) < 4.78 is 10.3. The van der Waals surface area contributed by atoms with Crippen LogP contribution in [0.25, 0.3) is 0 Å². The third-order valence-corrected chi connectivity index (χ3v) is 3.61. The van der Waals surface area contributed by atoms with Gasteiger partial charge in [0.2, 0.25) is 0 Å². The number of anilines is 1. The molecule has 1 amide bonds. The molecular formula is C19H21NO4. The fourth-order valence-electron chi connectivity index (χ4n) is 2.15. The van der Waals surface area contributed by atoms with Crippen molar-refractivity contribution in [2.75, 3.05) is 12.4 Å². The molecule has 0 unspecified atom stereocenters. The van der Waals surface area contributed by atoms with Gasteiger partial charge in [-0.15, -0.1) is 0 Å². The Balaban J connectivity index is 2.01. The zero-order valence-corrected chi connectivity index (χ0v) is 14.3. The van der Waals surface area contributed by atoms with E-state index in [0.29, 0.717) is 11.3 Å². The molecule has 2 aromatic carbocycles. The van der Waals surface area contributed by atoms with E-state index in [4.69, 9.17) is 4.74 Å². The van der Waals surface area contributed by atoms with Crippen LogP contribution in [0, 0.1) is 13.8 Å². The molecule has 0 saturated carbocycles. The molecule has 2 aromatic rings. The van der Waals surface area contributed by atoms with Crippen molar-refractivity contribution in [3.63, 3.8) is 0 Å². The van der Waals surface area contributed by atoms with Gasteiger partial charge in [0.15, 0.2) is 6.10 Å². The van der Waals surface area contributed by atoms with Crippen LogP contribution in [-0.2, 0) is 9.53 Å². The van der Waals surface area contributed by atoms with E-state index in [0.717, 1.165) is 16.8 Å². The van der Waals surface area contributed by atoms with Crippen molar-refractivity contribution in [1.29, 1.82) is 0 Å². The van der Waals surface area contributed by atoms with E-state index >= 15 is 0 Å². The van der Waals surface area contributed by atoms with Gasteiger partial charge in [-0.25, -0.2) is 4.79 Å². The number of ether oxygens (including phenoxy) is 2. The van der Waals surface area contributed by atoms with E-state index in [1.54, 1.807) is 31.2 Å². The minimum absolute atomic E-state index is 0.235. The van der Waals surface area contributed by atoms with E-state index in [1.807, 2.05) is 32.0 Å². The molecule has 24 heavy (non-hydrogen) atoms. The van der Waals surface area contributed by atoms with Gasteiger partial charge in [-0.2, -0.15) is 0 Å². The summed E-state index contributed by atoms with van der Waals surface area (Å²) in [4.78, 5) is 23.7. The van der Waals surface area contributed by atoms with Gasteiger partial charge >= 0.3 is 5.97 Å². The van der Waals surface area contributed by atoms with E-state index in [9.17, 15) is 9.59 Å². The fourth-order valence-corrected chi connectivity index (χ4v) is 2.15. The molecule has 0 aliphatic heterocycles. The molecule has 2 rings (SSSR count). The summed E-state index contributed by atoms with van der Waals surface area (Å²) in [6.45, 7) is 5.58. The summed E-state index contributed by atoms with van der Waals surface area (Å²) in [6, 6.07) is 12.3. The van der Waals surface area contributed by atoms with Gasteiger partial charge in [-0.3, -0.25) is 4.79 Å². The summed E-state index contributed by atoms with van der Waals surface area (Å²) in [5.74, 6) is -0.144. The van der Waals surface area contributed by atoms with Gasteiger partial charge in [-0.1, -0.05) is 12.1 Å². The molecule has 0 aliphatic rings. The van der Waals surface area contributed by atoms with Crippen molar-refractivity contribution in [3.05, 3.63) is 59.2 Å². The molecule has 0 heterocycles. The average molecular weight is 327 g/mol. The molecule has 5 heteroatoms. The number of benzene rings is 2. The smallest absolute Gasteiger partial charge is 0.337 e. The highest BCUT2D eigenvalue weighted by Gasteiger charge is 2.16. The number of esters is 1. The molecule has 0 saturated heterocycles. The molecule has 0 aromatic heterocycles. The van der Waals surface area contributed by atoms with Gasteiger partial charge in [-0.05, 0) is 62.2 Å². The van der Waals surface area contributed by atoms with Crippen LogP contribution >= 0.6 is 0 Å². The second-order valence-corrected chi connectivity index (χ2v) is 5.58. The van der Waals surface area contributed by atoms with E-state index in [2.05, 4.69) is 10.1 Å². The molecular weight excluding hydrogens is 306 g/mol. The van der Waals surface area contributed by atoms with Crippen LogP contribution in [0.15, 0.2) is 42.5 Å². The SMILES string of the molecule is COC(=O)c1ccc(O[C@H](C)C(=O)Nc2cc(C)ccc2C)cc1. The number of nitrogens with one attached hydrogen (secondary N) is 1. The molecule has 0 bridgehead atoms. The first-order chi connectivity index (χ1) is 11.4. The molecule has 0 aliphatic carbocycles. The van der Waals surface area contributed by atoms with Crippen LogP contribution in [0.5, 0.6) is 5.75 Å².